The summed E-state index contributed by atoms with van der Waals surface area (Å²) in [5, 5.41) is 2.93. The van der Waals surface area contributed by atoms with Gasteiger partial charge in [-0.05, 0) is 52.4 Å². The van der Waals surface area contributed by atoms with Crippen molar-refractivity contribution in [3.8, 4) is 0 Å². The molecular formula is C20H20BrF3N2O3S2. The van der Waals surface area contributed by atoms with Crippen LogP contribution in [0.15, 0.2) is 39.2 Å². The second-order valence-corrected chi connectivity index (χ2v) is 11.8. The maximum atomic E-state index is 13.6. The minimum Gasteiger partial charge on any atom is -0.298 e. The molecule has 1 saturated carbocycles. The molecule has 2 aromatic rings. The van der Waals surface area contributed by atoms with E-state index in [0.29, 0.717) is 8.92 Å². The molecular weight excluding hydrogens is 517 g/mol. The fourth-order valence-corrected chi connectivity index (χ4v) is 5.55. The molecule has 0 spiro atoms. The van der Waals surface area contributed by atoms with Crippen LogP contribution in [-0.2, 0) is 20.8 Å². The van der Waals surface area contributed by atoms with Gasteiger partial charge in [-0.1, -0.05) is 42.7 Å². The Labute approximate surface area is 190 Å². The number of aromatic nitrogens is 1. The molecule has 1 amide bonds. The van der Waals surface area contributed by atoms with E-state index in [1.807, 2.05) is 0 Å². The Morgan fingerprint density at radius 1 is 1.26 bits per heavy atom. The van der Waals surface area contributed by atoms with Gasteiger partial charge in [-0.15, -0.1) is 0 Å². The van der Waals surface area contributed by atoms with E-state index in [1.165, 1.54) is 23.6 Å². The number of nitrogens with one attached hydrogen (secondary N) is 1. The van der Waals surface area contributed by atoms with Crippen molar-refractivity contribution in [2.24, 2.45) is 5.92 Å². The van der Waals surface area contributed by atoms with E-state index < -0.39 is 32.4 Å². The molecule has 1 N–H and O–H groups in total. The van der Waals surface area contributed by atoms with Gasteiger partial charge in [0.1, 0.15) is 0 Å². The highest BCUT2D eigenvalue weighted by molar-refractivity contribution is 9.11. The minimum atomic E-state index is -4.89. The van der Waals surface area contributed by atoms with Gasteiger partial charge in [0.25, 0.3) is 5.91 Å². The molecule has 1 heterocycles. The Kier molecular flexibility index (Phi) is 7.27. The van der Waals surface area contributed by atoms with E-state index in [2.05, 4.69) is 26.2 Å². The van der Waals surface area contributed by atoms with Gasteiger partial charge in [0.2, 0.25) is 0 Å². The average Bonchev–Trinajstić information content (AvgIpc) is 3.09. The molecule has 5 nitrogen and oxygen atoms in total. The Balaban J connectivity index is 2.08. The number of carbonyl (C=O) groups is 1. The predicted octanol–water partition coefficient (Wildman–Crippen LogP) is 5.93. The van der Waals surface area contributed by atoms with Crippen LogP contribution < -0.4 is 5.32 Å². The zero-order valence-corrected chi connectivity index (χ0v) is 19.7. The molecule has 1 aliphatic rings. The van der Waals surface area contributed by atoms with Crippen molar-refractivity contribution in [3.63, 3.8) is 0 Å². The van der Waals surface area contributed by atoms with Crippen molar-refractivity contribution >= 4 is 53.7 Å². The lowest BCUT2D eigenvalue weighted by molar-refractivity contribution is -0.139. The number of halogens is 4. The summed E-state index contributed by atoms with van der Waals surface area (Å²) >= 11 is 4.42. The number of amides is 1. The van der Waals surface area contributed by atoms with Gasteiger partial charge in [0, 0.05) is 11.8 Å². The first-order chi connectivity index (χ1) is 14.4. The molecule has 0 saturated heterocycles. The Bertz CT molecular complexity index is 1110. The van der Waals surface area contributed by atoms with Gasteiger partial charge in [0.15, 0.2) is 15.0 Å². The third-order valence-electron chi connectivity index (χ3n) is 4.99. The first-order valence-corrected chi connectivity index (χ1v) is 13.0. The maximum Gasteiger partial charge on any atom is 0.417 e. The zero-order chi connectivity index (χ0) is 22.8. The highest BCUT2D eigenvalue weighted by Crippen LogP contribution is 2.37. The average molecular weight is 537 g/mol. The summed E-state index contributed by atoms with van der Waals surface area (Å²) in [5.41, 5.74) is -1.20. The molecule has 1 fully saturated rings. The van der Waals surface area contributed by atoms with Crippen LogP contribution in [0.4, 0.5) is 18.3 Å². The van der Waals surface area contributed by atoms with Gasteiger partial charge in [-0.25, -0.2) is 13.4 Å². The summed E-state index contributed by atoms with van der Waals surface area (Å²) < 4.78 is 65.3. The largest absolute Gasteiger partial charge is 0.417 e. The minimum absolute atomic E-state index is 0.0124. The van der Waals surface area contributed by atoms with Crippen molar-refractivity contribution in [2.75, 3.05) is 11.6 Å². The van der Waals surface area contributed by atoms with Gasteiger partial charge in [-0.3, -0.25) is 10.1 Å². The summed E-state index contributed by atoms with van der Waals surface area (Å²) in [5.74, 6) is -0.533. The second-order valence-electron chi connectivity index (χ2n) is 7.38. The molecule has 0 unspecified atom stereocenters. The number of allylic oxidation sites excluding steroid dienone is 1. The van der Waals surface area contributed by atoms with E-state index in [1.54, 1.807) is 6.08 Å². The Morgan fingerprint density at radius 2 is 1.94 bits per heavy atom. The lowest BCUT2D eigenvalue weighted by atomic mass is 9.86. The molecule has 1 aromatic carbocycles. The summed E-state index contributed by atoms with van der Waals surface area (Å²) in [6.45, 7) is 0. The summed E-state index contributed by atoms with van der Waals surface area (Å²) in [4.78, 5) is 16.2. The number of hydrogen-bond donors (Lipinski definition) is 1. The van der Waals surface area contributed by atoms with Crippen LogP contribution in [0.25, 0.3) is 5.57 Å². The van der Waals surface area contributed by atoms with Crippen LogP contribution >= 0.6 is 27.3 Å². The molecule has 168 valence electrons. The Hall–Kier alpha value is -1.72. The van der Waals surface area contributed by atoms with Crippen LogP contribution in [0.5, 0.6) is 0 Å². The number of nitrogens with zero attached hydrogens (tertiary/aromatic N) is 1. The highest BCUT2D eigenvalue weighted by Gasteiger charge is 2.37. The third-order valence-corrected chi connectivity index (χ3v) is 7.54. The zero-order valence-electron chi connectivity index (χ0n) is 16.5. The number of sulfone groups is 1. The molecule has 1 aromatic heterocycles. The van der Waals surface area contributed by atoms with Crippen molar-refractivity contribution in [3.05, 3.63) is 45.4 Å². The number of alkyl halides is 3. The topological polar surface area (TPSA) is 76.1 Å². The molecule has 0 bridgehead atoms. The van der Waals surface area contributed by atoms with Gasteiger partial charge < -0.3 is 0 Å². The van der Waals surface area contributed by atoms with Gasteiger partial charge in [-0.2, -0.15) is 13.2 Å². The summed E-state index contributed by atoms with van der Waals surface area (Å²) in [7, 11) is -4.11. The van der Waals surface area contributed by atoms with E-state index in [0.717, 1.165) is 50.5 Å². The Morgan fingerprint density at radius 3 is 2.48 bits per heavy atom. The fraction of sp³-hybridized carbons (Fsp3) is 0.400. The van der Waals surface area contributed by atoms with E-state index in [-0.39, 0.29) is 17.1 Å². The third kappa shape index (κ3) is 6.17. The lowest BCUT2D eigenvalue weighted by Crippen LogP contribution is -2.17. The number of thiazole rings is 1. The molecule has 31 heavy (non-hydrogen) atoms. The highest BCUT2D eigenvalue weighted by atomic mass is 79.9. The number of carbonyl (C=O) groups excluding carboxylic acids is 1. The van der Waals surface area contributed by atoms with Gasteiger partial charge in [0.05, 0.1) is 20.4 Å². The predicted molar refractivity (Wildman–Crippen MR) is 118 cm³/mol. The second kappa shape index (κ2) is 9.41. The quantitative estimate of drug-likeness (QED) is 0.480. The first kappa shape index (κ1) is 23.9. The van der Waals surface area contributed by atoms with E-state index >= 15 is 0 Å². The lowest BCUT2D eigenvalue weighted by Gasteiger charge is -2.20. The summed E-state index contributed by atoms with van der Waals surface area (Å²) in [6, 6.07) is 2.90. The van der Waals surface area contributed by atoms with Crippen LogP contribution in [0, 0.1) is 5.92 Å². The monoisotopic (exact) mass is 536 g/mol. The standard InChI is InChI=1S/C20H20BrF3N2O3S2/c1-31(28,29)16-8-7-13(10-15(16)20(22,23)24)14(9-12-5-3-2-4-6-12)18(27)26-19-25-11-17(21)30-19/h7-12H,2-6H2,1H3,(H,25,26,27). The first-order valence-electron chi connectivity index (χ1n) is 9.51. The molecule has 0 aliphatic heterocycles. The van der Waals surface area contributed by atoms with Crippen LogP contribution in [-0.4, -0.2) is 25.6 Å². The van der Waals surface area contributed by atoms with Crippen molar-refractivity contribution in [1.82, 2.24) is 4.98 Å². The molecule has 1 aliphatic carbocycles. The van der Waals surface area contributed by atoms with Crippen molar-refractivity contribution in [1.29, 1.82) is 0 Å². The van der Waals surface area contributed by atoms with Crippen molar-refractivity contribution < 1.29 is 26.4 Å². The SMILES string of the molecule is CS(=O)(=O)c1ccc(C(=CC2CCCCC2)C(=O)Nc2ncc(Br)s2)cc1C(F)(F)F. The van der Waals surface area contributed by atoms with E-state index in [4.69, 9.17) is 0 Å². The van der Waals surface area contributed by atoms with Crippen LogP contribution in [0.3, 0.4) is 0 Å². The van der Waals surface area contributed by atoms with Crippen LogP contribution in [0.1, 0.15) is 43.2 Å². The number of benzene rings is 1. The summed E-state index contributed by atoms with van der Waals surface area (Å²) in [6.07, 6.45) is 3.78. The number of rotatable bonds is 5. The number of anilines is 1. The number of hydrogen-bond acceptors (Lipinski definition) is 5. The van der Waals surface area contributed by atoms with Crippen molar-refractivity contribution in [2.45, 2.75) is 43.2 Å². The molecule has 0 atom stereocenters. The molecule has 0 radical (unpaired) electrons. The maximum absolute atomic E-state index is 13.6. The van der Waals surface area contributed by atoms with E-state index in [9.17, 15) is 26.4 Å². The molecule has 11 heteroatoms. The van der Waals surface area contributed by atoms with Crippen LogP contribution in [0.2, 0.25) is 0 Å². The smallest absolute Gasteiger partial charge is 0.298 e. The molecule has 3 rings (SSSR count). The van der Waals surface area contributed by atoms with Gasteiger partial charge >= 0.3 is 6.18 Å². The fourth-order valence-electron chi connectivity index (χ4n) is 3.56. The normalized spacial score (nSPS) is 16.4.